The zero-order valence-electron chi connectivity index (χ0n) is 16.7. The fourth-order valence-electron chi connectivity index (χ4n) is 4.91. The van der Waals surface area contributed by atoms with E-state index in [0.717, 1.165) is 30.6 Å². The third kappa shape index (κ3) is 3.52. The van der Waals surface area contributed by atoms with Crippen molar-refractivity contribution in [2.45, 2.75) is 51.5 Å². The van der Waals surface area contributed by atoms with Crippen molar-refractivity contribution in [3.63, 3.8) is 0 Å². The van der Waals surface area contributed by atoms with Crippen molar-refractivity contribution in [3.8, 4) is 17.0 Å². The van der Waals surface area contributed by atoms with Gasteiger partial charge in [-0.3, -0.25) is 9.48 Å². The number of carbonyl (C=O) groups is 1. The predicted molar refractivity (Wildman–Crippen MR) is 111 cm³/mol. The quantitative estimate of drug-likeness (QED) is 0.729. The summed E-state index contributed by atoms with van der Waals surface area (Å²) in [6.07, 6.45) is 8.93. The SMILES string of the molecule is CCOc1cc(Cl)ccc1-c1c(C(=O)N2CCCC3CCCCC32)cnn1C. The Morgan fingerprint density at radius 2 is 2.04 bits per heavy atom. The van der Waals surface area contributed by atoms with E-state index in [0.29, 0.717) is 34.9 Å². The summed E-state index contributed by atoms with van der Waals surface area (Å²) in [5, 5.41) is 5.03. The first kappa shape index (κ1) is 19.3. The first-order chi connectivity index (χ1) is 13.6. The minimum atomic E-state index is 0.0945. The fraction of sp³-hybridized carbons (Fsp3) is 0.545. The maximum Gasteiger partial charge on any atom is 0.257 e. The van der Waals surface area contributed by atoms with E-state index in [1.165, 1.54) is 25.7 Å². The molecular formula is C22H28ClN3O2. The van der Waals surface area contributed by atoms with Gasteiger partial charge in [-0.1, -0.05) is 24.4 Å². The fourth-order valence-corrected chi connectivity index (χ4v) is 5.07. The Balaban J connectivity index is 1.72. The summed E-state index contributed by atoms with van der Waals surface area (Å²) in [6, 6.07) is 5.93. The second-order valence-corrected chi connectivity index (χ2v) is 8.29. The lowest BCUT2D eigenvalue weighted by Crippen LogP contribution is -2.49. The molecule has 0 N–H and O–H groups in total. The van der Waals surface area contributed by atoms with E-state index in [1.54, 1.807) is 16.9 Å². The molecule has 6 heteroatoms. The molecule has 1 aliphatic carbocycles. The number of nitrogens with zero attached hydrogens (tertiary/aromatic N) is 3. The van der Waals surface area contributed by atoms with E-state index in [9.17, 15) is 4.79 Å². The molecule has 28 heavy (non-hydrogen) atoms. The highest BCUT2D eigenvalue weighted by molar-refractivity contribution is 6.30. The van der Waals surface area contributed by atoms with Crippen molar-refractivity contribution >= 4 is 17.5 Å². The van der Waals surface area contributed by atoms with Crippen LogP contribution in [0, 0.1) is 5.92 Å². The molecule has 4 rings (SSSR count). The third-order valence-electron chi connectivity index (χ3n) is 6.17. The highest BCUT2D eigenvalue weighted by Crippen LogP contribution is 2.38. The van der Waals surface area contributed by atoms with Crippen LogP contribution in [0.15, 0.2) is 24.4 Å². The molecule has 1 aliphatic heterocycles. The number of hydrogen-bond acceptors (Lipinski definition) is 3. The summed E-state index contributed by atoms with van der Waals surface area (Å²) < 4.78 is 7.58. The van der Waals surface area contributed by atoms with Gasteiger partial charge in [-0.25, -0.2) is 0 Å². The maximum atomic E-state index is 13.6. The molecule has 150 valence electrons. The summed E-state index contributed by atoms with van der Waals surface area (Å²) in [6.45, 7) is 3.31. The molecule has 2 atom stereocenters. The van der Waals surface area contributed by atoms with E-state index in [2.05, 4.69) is 10.00 Å². The Bertz CT molecular complexity index is 861. The molecule has 2 unspecified atom stereocenters. The molecule has 1 amide bonds. The van der Waals surface area contributed by atoms with E-state index in [4.69, 9.17) is 16.3 Å². The number of benzene rings is 1. The Labute approximate surface area is 171 Å². The third-order valence-corrected chi connectivity index (χ3v) is 6.41. The van der Waals surface area contributed by atoms with E-state index < -0.39 is 0 Å². The van der Waals surface area contributed by atoms with E-state index in [1.807, 2.05) is 26.1 Å². The van der Waals surface area contributed by atoms with Gasteiger partial charge in [0.1, 0.15) is 5.75 Å². The van der Waals surface area contributed by atoms with Gasteiger partial charge >= 0.3 is 0 Å². The van der Waals surface area contributed by atoms with Crippen LogP contribution in [-0.2, 0) is 7.05 Å². The Morgan fingerprint density at radius 3 is 2.86 bits per heavy atom. The highest BCUT2D eigenvalue weighted by atomic mass is 35.5. The average molecular weight is 402 g/mol. The minimum Gasteiger partial charge on any atom is -0.493 e. The molecule has 2 fully saturated rings. The van der Waals surface area contributed by atoms with Crippen LogP contribution in [0.1, 0.15) is 55.8 Å². The largest absolute Gasteiger partial charge is 0.493 e. The molecule has 1 saturated carbocycles. The van der Waals surface area contributed by atoms with Crippen molar-refractivity contribution in [2.75, 3.05) is 13.2 Å². The van der Waals surface area contributed by atoms with Gasteiger partial charge in [0.15, 0.2) is 0 Å². The van der Waals surface area contributed by atoms with Gasteiger partial charge in [0, 0.05) is 30.2 Å². The standard InChI is InChI=1S/C22H28ClN3O2/c1-3-28-20-13-16(23)10-11-17(20)21-18(14-24-25(21)2)22(27)26-12-6-8-15-7-4-5-9-19(15)26/h10-11,13-15,19H,3-9,12H2,1-2H3. The first-order valence-corrected chi connectivity index (χ1v) is 10.7. The normalized spacial score (nSPS) is 22.0. The summed E-state index contributed by atoms with van der Waals surface area (Å²) in [5.41, 5.74) is 2.30. The Hall–Kier alpha value is -2.01. The van der Waals surface area contributed by atoms with Crippen LogP contribution in [0.25, 0.3) is 11.3 Å². The zero-order valence-corrected chi connectivity index (χ0v) is 17.4. The summed E-state index contributed by atoms with van der Waals surface area (Å²) >= 11 is 6.18. The highest BCUT2D eigenvalue weighted by Gasteiger charge is 2.37. The molecule has 0 spiro atoms. The Morgan fingerprint density at radius 1 is 1.25 bits per heavy atom. The molecular weight excluding hydrogens is 374 g/mol. The summed E-state index contributed by atoms with van der Waals surface area (Å²) in [4.78, 5) is 15.7. The Kier molecular flexibility index (Phi) is 5.63. The van der Waals surface area contributed by atoms with Gasteiger partial charge in [0.05, 0.1) is 24.1 Å². The number of ether oxygens (including phenoxy) is 1. The molecule has 2 aromatic rings. The van der Waals surface area contributed by atoms with Gasteiger partial charge in [0.25, 0.3) is 5.91 Å². The second-order valence-electron chi connectivity index (χ2n) is 7.86. The van der Waals surface area contributed by atoms with Crippen LogP contribution in [0.5, 0.6) is 5.75 Å². The monoisotopic (exact) mass is 401 g/mol. The minimum absolute atomic E-state index is 0.0945. The smallest absolute Gasteiger partial charge is 0.257 e. The number of aryl methyl sites for hydroxylation is 1. The van der Waals surface area contributed by atoms with Crippen molar-refractivity contribution < 1.29 is 9.53 Å². The number of rotatable bonds is 4. The lowest BCUT2D eigenvalue weighted by Gasteiger charge is -2.44. The zero-order chi connectivity index (χ0) is 19.7. The number of aromatic nitrogens is 2. The number of hydrogen-bond donors (Lipinski definition) is 0. The van der Waals surface area contributed by atoms with Crippen LogP contribution >= 0.6 is 11.6 Å². The number of piperidine rings is 1. The van der Waals surface area contributed by atoms with Crippen LogP contribution in [-0.4, -0.2) is 39.8 Å². The maximum absolute atomic E-state index is 13.6. The van der Waals surface area contributed by atoms with Gasteiger partial charge < -0.3 is 9.64 Å². The van der Waals surface area contributed by atoms with Crippen molar-refractivity contribution in [3.05, 3.63) is 35.0 Å². The lowest BCUT2D eigenvalue weighted by atomic mass is 9.78. The van der Waals surface area contributed by atoms with E-state index >= 15 is 0 Å². The molecule has 0 radical (unpaired) electrons. The van der Waals surface area contributed by atoms with Gasteiger partial charge in [0.2, 0.25) is 0 Å². The molecule has 1 saturated heterocycles. The molecule has 2 aliphatic rings. The number of likely N-dealkylation sites (tertiary alicyclic amines) is 1. The number of halogens is 1. The molecule has 2 heterocycles. The van der Waals surface area contributed by atoms with Crippen molar-refractivity contribution in [2.24, 2.45) is 13.0 Å². The number of fused-ring (bicyclic) bond motifs is 1. The van der Waals surface area contributed by atoms with Gasteiger partial charge in [-0.15, -0.1) is 0 Å². The first-order valence-electron chi connectivity index (χ1n) is 10.4. The molecule has 5 nitrogen and oxygen atoms in total. The van der Waals surface area contributed by atoms with Crippen LogP contribution in [0.3, 0.4) is 0 Å². The van der Waals surface area contributed by atoms with Gasteiger partial charge in [-0.05, 0) is 56.7 Å². The van der Waals surface area contributed by atoms with Crippen LogP contribution < -0.4 is 4.74 Å². The topological polar surface area (TPSA) is 47.4 Å². The molecule has 1 aromatic heterocycles. The molecule has 0 bridgehead atoms. The van der Waals surface area contributed by atoms with Crippen molar-refractivity contribution in [1.29, 1.82) is 0 Å². The average Bonchev–Trinajstić information content (AvgIpc) is 3.09. The van der Waals surface area contributed by atoms with Crippen LogP contribution in [0.4, 0.5) is 0 Å². The molecule has 1 aromatic carbocycles. The number of carbonyl (C=O) groups excluding carboxylic acids is 1. The van der Waals surface area contributed by atoms with E-state index in [-0.39, 0.29) is 5.91 Å². The predicted octanol–water partition coefficient (Wildman–Crippen LogP) is 4.93. The lowest BCUT2D eigenvalue weighted by molar-refractivity contribution is 0.0391. The summed E-state index contributed by atoms with van der Waals surface area (Å²) in [7, 11) is 1.87. The van der Waals surface area contributed by atoms with Crippen molar-refractivity contribution in [1.82, 2.24) is 14.7 Å². The second kappa shape index (κ2) is 8.16. The summed E-state index contributed by atoms with van der Waals surface area (Å²) in [5.74, 6) is 1.43. The number of amides is 1. The van der Waals surface area contributed by atoms with Gasteiger partial charge in [-0.2, -0.15) is 5.10 Å². The van der Waals surface area contributed by atoms with Crippen LogP contribution in [0.2, 0.25) is 5.02 Å².